The fraction of sp³-hybridized carbons (Fsp3) is 0.421. The van der Waals surface area contributed by atoms with Gasteiger partial charge >= 0.3 is 0 Å². The highest BCUT2D eigenvalue weighted by atomic mass is 19.1. The maximum Gasteiger partial charge on any atom is 0.184 e. The Bertz CT molecular complexity index is 929. The molecule has 0 saturated heterocycles. The molecule has 3 aromatic rings. The summed E-state index contributed by atoms with van der Waals surface area (Å²) in [6, 6.07) is 5.40. The molecule has 3 heterocycles. The Morgan fingerprint density at radius 3 is 2.88 bits per heavy atom. The first-order valence-electron chi connectivity index (χ1n) is 9.02. The number of nitrogens with zero attached hydrogens (tertiary/aromatic N) is 4. The number of benzene rings is 1. The van der Waals surface area contributed by atoms with Crippen LogP contribution in [0.5, 0.6) is 0 Å². The highest BCUT2D eigenvalue weighted by molar-refractivity contribution is 5.79. The highest BCUT2D eigenvalue weighted by Gasteiger charge is 2.28. The Hall–Kier alpha value is -2.50. The molecular formula is C19H20FN5. The van der Waals surface area contributed by atoms with Crippen molar-refractivity contribution in [3.63, 3.8) is 0 Å². The first-order valence-corrected chi connectivity index (χ1v) is 9.02. The van der Waals surface area contributed by atoms with Crippen LogP contribution in [0.3, 0.4) is 0 Å². The van der Waals surface area contributed by atoms with Crippen molar-refractivity contribution in [1.82, 2.24) is 19.7 Å². The summed E-state index contributed by atoms with van der Waals surface area (Å²) in [7, 11) is 0. The Labute approximate surface area is 145 Å². The number of hydrogen-bond acceptors (Lipinski definition) is 4. The predicted molar refractivity (Wildman–Crippen MR) is 94.2 cm³/mol. The van der Waals surface area contributed by atoms with Gasteiger partial charge in [0.25, 0.3) is 0 Å². The van der Waals surface area contributed by atoms with Crippen molar-refractivity contribution in [3.05, 3.63) is 47.8 Å². The van der Waals surface area contributed by atoms with E-state index in [4.69, 9.17) is 5.10 Å². The van der Waals surface area contributed by atoms with Crippen LogP contribution in [0, 0.1) is 5.82 Å². The quantitative estimate of drug-likeness (QED) is 0.767. The molecule has 0 bridgehead atoms. The van der Waals surface area contributed by atoms with Crippen molar-refractivity contribution in [2.24, 2.45) is 0 Å². The van der Waals surface area contributed by atoms with Crippen LogP contribution in [0.25, 0.3) is 11.0 Å². The second-order valence-corrected chi connectivity index (χ2v) is 7.06. The van der Waals surface area contributed by atoms with E-state index in [0.717, 1.165) is 34.5 Å². The molecule has 5 nitrogen and oxygen atoms in total. The molecule has 128 valence electrons. The maximum atomic E-state index is 13.5. The van der Waals surface area contributed by atoms with Crippen LogP contribution >= 0.6 is 0 Å². The molecule has 6 heteroatoms. The van der Waals surface area contributed by atoms with Crippen LogP contribution in [0.2, 0.25) is 0 Å². The molecule has 0 radical (unpaired) electrons. The van der Waals surface area contributed by atoms with Crippen LogP contribution in [0.1, 0.15) is 55.3 Å². The lowest BCUT2D eigenvalue weighted by Crippen LogP contribution is -2.13. The van der Waals surface area contributed by atoms with Gasteiger partial charge in [0.1, 0.15) is 12.1 Å². The van der Waals surface area contributed by atoms with Gasteiger partial charge in [-0.1, -0.05) is 25.3 Å². The standard InChI is InChI=1S/C19H20FN5/c20-12-6-7-14-15(9-21-17(14)8-12)18-16-10-25(13-4-2-1-3-5-13)24-19(16)23-11-22-18/h6-8,10-11,13,15,21H,1-5,9H2. The normalized spacial score (nSPS) is 20.6. The van der Waals surface area contributed by atoms with Gasteiger partial charge in [-0.05, 0) is 30.5 Å². The largest absolute Gasteiger partial charge is 0.384 e. The number of halogens is 1. The first-order chi connectivity index (χ1) is 12.3. The average molecular weight is 337 g/mol. The third-order valence-corrected chi connectivity index (χ3v) is 5.53. The van der Waals surface area contributed by atoms with E-state index >= 15 is 0 Å². The molecule has 0 amide bonds. The second-order valence-electron chi connectivity index (χ2n) is 7.06. The predicted octanol–water partition coefficient (Wildman–Crippen LogP) is 4.03. The number of nitrogens with one attached hydrogen (secondary N) is 1. The lowest BCUT2D eigenvalue weighted by Gasteiger charge is -2.21. The molecule has 1 fully saturated rings. The zero-order chi connectivity index (χ0) is 16.8. The summed E-state index contributed by atoms with van der Waals surface area (Å²) in [6.07, 6.45) is 9.94. The average Bonchev–Trinajstić information content (AvgIpc) is 3.26. The fourth-order valence-corrected chi connectivity index (χ4v) is 4.24. The van der Waals surface area contributed by atoms with Crippen molar-refractivity contribution in [2.75, 3.05) is 11.9 Å². The Balaban J connectivity index is 1.57. The Morgan fingerprint density at radius 1 is 1.12 bits per heavy atom. The molecule has 5 rings (SSSR count). The molecule has 2 aliphatic rings. The van der Waals surface area contributed by atoms with E-state index in [9.17, 15) is 4.39 Å². The summed E-state index contributed by atoms with van der Waals surface area (Å²) in [6.45, 7) is 0.722. The maximum absolute atomic E-state index is 13.5. The summed E-state index contributed by atoms with van der Waals surface area (Å²) in [4.78, 5) is 8.95. The Kier molecular flexibility index (Phi) is 3.43. The van der Waals surface area contributed by atoms with Crippen LogP contribution in [-0.4, -0.2) is 26.3 Å². The van der Waals surface area contributed by atoms with Gasteiger partial charge in [0, 0.05) is 24.3 Å². The topological polar surface area (TPSA) is 55.6 Å². The zero-order valence-corrected chi connectivity index (χ0v) is 14.0. The van der Waals surface area contributed by atoms with Crippen molar-refractivity contribution in [3.8, 4) is 0 Å². The van der Waals surface area contributed by atoms with Gasteiger partial charge in [-0.3, -0.25) is 4.68 Å². The minimum absolute atomic E-state index is 0.102. The summed E-state index contributed by atoms with van der Waals surface area (Å²) in [5, 5.41) is 9.03. The lowest BCUT2D eigenvalue weighted by molar-refractivity contribution is 0.331. The number of anilines is 1. The fourth-order valence-electron chi connectivity index (χ4n) is 4.24. The summed E-state index contributed by atoms with van der Waals surface area (Å²) in [5.74, 6) is -0.116. The van der Waals surface area contributed by atoms with Crippen LogP contribution in [-0.2, 0) is 0 Å². The molecule has 1 unspecified atom stereocenters. The number of fused-ring (bicyclic) bond motifs is 2. The van der Waals surface area contributed by atoms with Crippen LogP contribution in [0.4, 0.5) is 10.1 Å². The van der Waals surface area contributed by atoms with E-state index in [0.29, 0.717) is 6.04 Å². The lowest BCUT2D eigenvalue weighted by atomic mass is 9.95. The van der Waals surface area contributed by atoms with Crippen molar-refractivity contribution in [1.29, 1.82) is 0 Å². The smallest absolute Gasteiger partial charge is 0.184 e. The number of rotatable bonds is 2. The van der Waals surface area contributed by atoms with Crippen molar-refractivity contribution < 1.29 is 4.39 Å². The van der Waals surface area contributed by atoms with Crippen LogP contribution in [0.15, 0.2) is 30.7 Å². The Morgan fingerprint density at radius 2 is 2.00 bits per heavy atom. The van der Waals surface area contributed by atoms with E-state index in [2.05, 4.69) is 26.2 Å². The SMILES string of the molecule is Fc1ccc2c(c1)NCC2c1ncnc2nn(C3CCCCC3)cc12. The summed E-state index contributed by atoms with van der Waals surface area (Å²) in [5.41, 5.74) is 3.68. The molecule has 1 atom stereocenters. The first kappa shape index (κ1) is 14.8. The third kappa shape index (κ3) is 2.47. The molecule has 2 aromatic heterocycles. The van der Waals surface area contributed by atoms with Crippen molar-refractivity contribution >= 4 is 16.7 Å². The molecule has 1 aromatic carbocycles. The molecule has 1 aliphatic carbocycles. The number of aromatic nitrogens is 4. The third-order valence-electron chi connectivity index (χ3n) is 5.53. The summed E-state index contributed by atoms with van der Waals surface area (Å²) >= 11 is 0. The molecular weight excluding hydrogens is 317 g/mol. The van der Waals surface area contributed by atoms with Crippen LogP contribution < -0.4 is 5.32 Å². The highest BCUT2D eigenvalue weighted by Crippen LogP contribution is 2.38. The van der Waals surface area contributed by atoms with E-state index in [1.165, 1.54) is 38.2 Å². The van der Waals surface area contributed by atoms with E-state index in [1.54, 1.807) is 12.4 Å². The van der Waals surface area contributed by atoms with E-state index < -0.39 is 0 Å². The van der Waals surface area contributed by atoms with E-state index in [-0.39, 0.29) is 11.7 Å². The van der Waals surface area contributed by atoms with Gasteiger partial charge in [-0.2, -0.15) is 5.10 Å². The minimum Gasteiger partial charge on any atom is -0.384 e. The second kappa shape index (κ2) is 5.79. The molecule has 1 aliphatic heterocycles. The minimum atomic E-state index is -0.218. The van der Waals surface area contributed by atoms with Gasteiger partial charge in [0.05, 0.1) is 17.1 Å². The summed E-state index contributed by atoms with van der Waals surface area (Å²) < 4.78 is 15.6. The molecule has 1 saturated carbocycles. The van der Waals surface area contributed by atoms with Gasteiger partial charge in [0.2, 0.25) is 0 Å². The molecule has 0 spiro atoms. The molecule has 25 heavy (non-hydrogen) atoms. The zero-order valence-electron chi connectivity index (χ0n) is 14.0. The van der Waals surface area contributed by atoms with Gasteiger partial charge in [-0.25, -0.2) is 14.4 Å². The number of hydrogen-bond donors (Lipinski definition) is 1. The van der Waals surface area contributed by atoms with Crippen molar-refractivity contribution in [2.45, 2.75) is 44.1 Å². The molecule has 1 N–H and O–H groups in total. The van der Waals surface area contributed by atoms with Gasteiger partial charge < -0.3 is 5.32 Å². The van der Waals surface area contributed by atoms with Gasteiger partial charge in [-0.15, -0.1) is 0 Å². The van der Waals surface area contributed by atoms with Gasteiger partial charge in [0.15, 0.2) is 5.65 Å². The monoisotopic (exact) mass is 337 g/mol. The van der Waals surface area contributed by atoms with E-state index in [1.807, 2.05) is 6.07 Å².